The van der Waals surface area contributed by atoms with E-state index < -0.39 is 35.6 Å². The van der Waals surface area contributed by atoms with Crippen LogP contribution in [0.15, 0.2) is 60.7 Å². The molecule has 208 valence electrons. The molecule has 4 N–H and O–H groups in total. The summed E-state index contributed by atoms with van der Waals surface area (Å²) in [6.07, 6.45) is 5.24. The van der Waals surface area contributed by atoms with Gasteiger partial charge in [-0.25, -0.2) is 0 Å². The summed E-state index contributed by atoms with van der Waals surface area (Å²) in [5.74, 6) is -1.63. The second-order valence-corrected chi connectivity index (χ2v) is 10.7. The number of benzene rings is 2. The maximum atomic E-state index is 13.7. The third kappa shape index (κ3) is 6.49. The maximum Gasteiger partial charge on any atom is 0.256 e. The van der Waals surface area contributed by atoms with Crippen molar-refractivity contribution in [2.45, 2.75) is 76.3 Å². The molecular formula is C30H37N3O6. The predicted octanol–water partition coefficient (Wildman–Crippen LogP) is 2.59. The lowest BCUT2D eigenvalue weighted by molar-refractivity contribution is -0.147. The molecule has 1 heterocycles. The average molecular weight is 536 g/mol. The number of hydrogen-bond donors (Lipinski definition) is 4. The zero-order valence-electron chi connectivity index (χ0n) is 22.6. The molecule has 4 atom stereocenters. The maximum absolute atomic E-state index is 13.7. The molecule has 3 amide bonds. The molecule has 1 saturated heterocycles. The molecule has 2 aromatic rings. The van der Waals surface area contributed by atoms with Gasteiger partial charge in [-0.2, -0.15) is 0 Å². The van der Waals surface area contributed by atoms with Crippen LogP contribution in [0.3, 0.4) is 0 Å². The van der Waals surface area contributed by atoms with Gasteiger partial charge in [0, 0.05) is 17.2 Å². The van der Waals surface area contributed by atoms with Gasteiger partial charge in [-0.15, -0.1) is 0 Å². The van der Waals surface area contributed by atoms with Crippen LogP contribution in [0.1, 0.15) is 54.6 Å². The minimum atomic E-state index is -1.66. The Morgan fingerprint density at radius 1 is 1.13 bits per heavy atom. The summed E-state index contributed by atoms with van der Waals surface area (Å²) in [5, 5.41) is 27.2. The Kier molecular flexibility index (Phi) is 8.72. The van der Waals surface area contributed by atoms with Crippen molar-refractivity contribution < 1.29 is 29.3 Å². The SMILES string of the molecule is Cc1c(O)cccc1C(=O)N[C@@H](Cc1ccccc1)[C@H](O)C(=O)N1COC(C)(C)[C@H]1C(=O)N[C@@H]1C=CCCC1. The summed E-state index contributed by atoms with van der Waals surface area (Å²) in [6, 6.07) is 11.7. The first-order chi connectivity index (χ1) is 18.6. The highest BCUT2D eigenvalue weighted by Gasteiger charge is 2.50. The number of rotatable bonds is 8. The Morgan fingerprint density at radius 3 is 2.56 bits per heavy atom. The van der Waals surface area contributed by atoms with E-state index in [2.05, 4.69) is 10.6 Å². The minimum absolute atomic E-state index is 0.0306. The van der Waals surface area contributed by atoms with Gasteiger partial charge < -0.3 is 30.5 Å². The predicted molar refractivity (Wildman–Crippen MR) is 146 cm³/mol. The van der Waals surface area contributed by atoms with E-state index in [0.29, 0.717) is 5.56 Å². The van der Waals surface area contributed by atoms with Gasteiger partial charge in [0.05, 0.1) is 11.6 Å². The third-order valence-electron chi connectivity index (χ3n) is 7.46. The van der Waals surface area contributed by atoms with Crippen molar-refractivity contribution in [2.24, 2.45) is 0 Å². The van der Waals surface area contributed by atoms with Gasteiger partial charge in [-0.3, -0.25) is 14.4 Å². The largest absolute Gasteiger partial charge is 0.508 e. The first kappa shape index (κ1) is 28.3. The summed E-state index contributed by atoms with van der Waals surface area (Å²) in [6.45, 7) is 4.93. The summed E-state index contributed by atoms with van der Waals surface area (Å²) in [5.41, 5.74) is 0.446. The summed E-state index contributed by atoms with van der Waals surface area (Å²) < 4.78 is 5.82. The van der Waals surface area contributed by atoms with Gasteiger partial charge in [0.2, 0.25) is 5.91 Å². The van der Waals surface area contributed by atoms with Crippen LogP contribution in [0, 0.1) is 6.92 Å². The lowest BCUT2D eigenvalue weighted by Gasteiger charge is -2.33. The lowest BCUT2D eigenvalue weighted by atomic mass is 9.94. The van der Waals surface area contributed by atoms with Gasteiger partial charge in [0.1, 0.15) is 18.5 Å². The monoisotopic (exact) mass is 535 g/mol. The number of carbonyl (C=O) groups excluding carboxylic acids is 3. The molecule has 0 unspecified atom stereocenters. The van der Waals surface area contributed by atoms with E-state index in [4.69, 9.17) is 4.74 Å². The van der Waals surface area contributed by atoms with Crippen molar-refractivity contribution in [3.8, 4) is 5.75 Å². The fourth-order valence-electron chi connectivity index (χ4n) is 5.17. The molecule has 1 aliphatic heterocycles. The molecule has 2 aliphatic rings. The summed E-state index contributed by atoms with van der Waals surface area (Å²) >= 11 is 0. The zero-order valence-corrected chi connectivity index (χ0v) is 22.6. The van der Waals surface area contributed by atoms with E-state index >= 15 is 0 Å². The van der Waals surface area contributed by atoms with Crippen LogP contribution in [0.25, 0.3) is 0 Å². The smallest absolute Gasteiger partial charge is 0.256 e. The second-order valence-electron chi connectivity index (χ2n) is 10.7. The first-order valence-electron chi connectivity index (χ1n) is 13.3. The number of hydrogen-bond acceptors (Lipinski definition) is 6. The highest BCUT2D eigenvalue weighted by molar-refractivity contribution is 5.97. The van der Waals surface area contributed by atoms with Gasteiger partial charge >= 0.3 is 0 Å². The van der Waals surface area contributed by atoms with Crippen molar-refractivity contribution in [3.63, 3.8) is 0 Å². The van der Waals surface area contributed by atoms with E-state index in [1.165, 1.54) is 11.0 Å². The molecule has 1 aliphatic carbocycles. The number of phenolic OH excluding ortho intramolecular Hbond substituents is 1. The Bertz CT molecular complexity index is 1230. The van der Waals surface area contributed by atoms with Gasteiger partial charge in [0.25, 0.3) is 11.8 Å². The van der Waals surface area contributed by atoms with Crippen molar-refractivity contribution in [3.05, 3.63) is 77.4 Å². The van der Waals surface area contributed by atoms with E-state index in [1.807, 2.05) is 42.5 Å². The minimum Gasteiger partial charge on any atom is -0.508 e. The van der Waals surface area contributed by atoms with Crippen LogP contribution in [0.2, 0.25) is 0 Å². The number of amides is 3. The highest BCUT2D eigenvalue weighted by Crippen LogP contribution is 2.30. The molecule has 0 radical (unpaired) electrons. The van der Waals surface area contributed by atoms with Crippen molar-refractivity contribution >= 4 is 17.7 Å². The topological polar surface area (TPSA) is 128 Å². The Labute approximate surface area is 228 Å². The quantitative estimate of drug-likeness (QED) is 0.385. The van der Waals surface area contributed by atoms with E-state index in [1.54, 1.807) is 32.9 Å². The fourth-order valence-corrected chi connectivity index (χ4v) is 5.17. The molecule has 0 spiro atoms. The van der Waals surface area contributed by atoms with Crippen LogP contribution in [-0.2, 0) is 20.7 Å². The van der Waals surface area contributed by atoms with Crippen LogP contribution in [-0.4, -0.2) is 69.4 Å². The average Bonchev–Trinajstić information content (AvgIpc) is 3.25. The molecule has 1 fully saturated rings. The molecule has 9 nitrogen and oxygen atoms in total. The molecule has 9 heteroatoms. The number of nitrogens with zero attached hydrogens (tertiary/aromatic N) is 1. The number of ether oxygens (including phenoxy) is 1. The highest BCUT2D eigenvalue weighted by atomic mass is 16.5. The van der Waals surface area contributed by atoms with Crippen molar-refractivity contribution in [1.29, 1.82) is 0 Å². The normalized spacial score (nSPS) is 21.7. The number of nitrogens with one attached hydrogen (secondary N) is 2. The second kappa shape index (κ2) is 12.0. The first-order valence-corrected chi connectivity index (χ1v) is 13.3. The summed E-state index contributed by atoms with van der Waals surface area (Å²) in [7, 11) is 0. The Morgan fingerprint density at radius 2 is 1.87 bits per heavy atom. The van der Waals surface area contributed by atoms with Crippen LogP contribution >= 0.6 is 0 Å². The summed E-state index contributed by atoms with van der Waals surface area (Å²) in [4.78, 5) is 41.5. The lowest BCUT2D eigenvalue weighted by Crippen LogP contribution is -2.59. The molecule has 0 aromatic heterocycles. The Hall–Kier alpha value is -3.69. The van der Waals surface area contributed by atoms with E-state index in [0.717, 1.165) is 24.8 Å². The Balaban J connectivity index is 1.57. The number of aliphatic hydroxyl groups is 1. The molecule has 39 heavy (non-hydrogen) atoms. The molecular weight excluding hydrogens is 498 g/mol. The number of allylic oxidation sites excluding steroid dienone is 1. The molecule has 2 aromatic carbocycles. The van der Waals surface area contributed by atoms with E-state index in [9.17, 15) is 24.6 Å². The number of aromatic hydroxyl groups is 1. The van der Waals surface area contributed by atoms with Gasteiger partial charge in [0.15, 0.2) is 6.10 Å². The van der Waals surface area contributed by atoms with Gasteiger partial charge in [-0.05, 0) is 64.2 Å². The zero-order chi connectivity index (χ0) is 28.2. The molecule has 0 bridgehead atoms. The fraction of sp³-hybridized carbons (Fsp3) is 0.433. The third-order valence-corrected chi connectivity index (χ3v) is 7.46. The molecule has 4 rings (SSSR count). The molecule has 0 saturated carbocycles. The number of carbonyl (C=O) groups is 3. The van der Waals surface area contributed by atoms with Gasteiger partial charge in [-0.1, -0.05) is 48.6 Å². The van der Waals surface area contributed by atoms with E-state index in [-0.39, 0.29) is 36.4 Å². The standard InChI is InChI=1S/C30H37N3O6/c1-19-22(15-10-16-24(19)34)27(36)32-23(17-20-11-6-4-7-12-20)25(35)29(38)33-18-39-30(2,3)26(33)28(37)31-21-13-8-5-9-14-21/h4,6-8,10-13,15-16,21,23,25-26,34-35H,5,9,14,17-18H2,1-3H3,(H,31,37)(H,32,36)/t21-,23+,25+,26-/m1/s1. The van der Waals surface area contributed by atoms with Crippen molar-refractivity contribution in [1.82, 2.24) is 15.5 Å². The number of phenols is 1. The van der Waals surface area contributed by atoms with Crippen LogP contribution in [0.5, 0.6) is 5.75 Å². The van der Waals surface area contributed by atoms with Crippen LogP contribution < -0.4 is 10.6 Å². The number of aliphatic hydroxyl groups excluding tert-OH is 1. The van der Waals surface area contributed by atoms with Crippen molar-refractivity contribution in [2.75, 3.05) is 6.73 Å². The van der Waals surface area contributed by atoms with Crippen LogP contribution in [0.4, 0.5) is 0 Å².